The first-order valence-electron chi connectivity index (χ1n) is 5.56. The summed E-state index contributed by atoms with van der Waals surface area (Å²) in [5.41, 5.74) is 3.06. The van der Waals surface area contributed by atoms with Crippen LogP contribution >= 0.6 is 0 Å². The van der Waals surface area contributed by atoms with Crippen molar-refractivity contribution in [3.05, 3.63) is 41.5 Å². The quantitative estimate of drug-likeness (QED) is 0.658. The fourth-order valence-corrected chi connectivity index (χ4v) is 1.83. The van der Waals surface area contributed by atoms with E-state index in [9.17, 15) is 4.79 Å². The second kappa shape index (κ2) is 4.96. The lowest BCUT2D eigenvalue weighted by Gasteiger charge is -2.07. The van der Waals surface area contributed by atoms with Crippen molar-refractivity contribution in [2.75, 3.05) is 6.79 Å². The fraction of sp³-hybridized carbons (Fsp3) is 0.214. The van der Waals surface area contributed by atoms with Crippen molar-refractivity contribution in [1.82, 2.24) is 0 Å². The van der Waals surface area contributed by atoms with Crippen LogP contribution in [-0.2, 0) is 4.79 Å². The highest BCUT2D eigenvalue weighted by Crippen LogP contribution is 2.36. The van der Waals surface area contributed by atoms with E-state index in [0.717, 1.165) is 34.3 Å². The largest absolute Gasteiger partial charge is 0.478 e. The second-order valence-electron chi connectivity index (χ2n) is 4.07. The highest BCUT2D eigenvalue weighted by Gasteiger charge is 2.15. The van der Waals surface area contributed by atoms with E-state index in [0.29, 0.717) is 0 Å². The molecule has 0 aromatic heterocycles. The van der Waals surface area contributed by atoms with Gasteiger partial charge in [-0.3, -0.25) is 0 Å². The Morgan fingerprint density at radius 1 is 1.33 bits per heavy atom. The van der Waals surface area contributed by atoms with Gasteiger partial charge in [0.05, 0.1) is 0 Å². The Bertz CT molecular complexity index is 541. The van der Waals surface area contributed by atoms with Crippen molar-refractivity contribution in [2.45, 2.75) is 13.8 Å². The molecule has 0 unspecified atom stereocenters. The van der Waals surface area contributed by atoms with Crippen molar-refractivity contribution in [2.24, 2.45) is 0 Å². The van der Waals surface area contributed by atoms with Gasteiger partial charge in [-0.1, -0.05) is 12.2 Å². The molecule has 1 aliphatic rings. The number of rotatable bonds is 3. The summed E-state index contributed by atoms with van der Waals surface area (Å²) < 4.78 is 10.6. The normalized spacial score (nSPS) is 14.2. The molecule has 0 saturated heterocycles. The third kappa shape index (κ3) is 2.53. The summed E-state index contributed by atoms with van der Waals surface area (Å²) >= 11 is 0. The standard InChI is InChI=1S/C14H14O4/c1-9(4-3-5-14(15)16)11-7-13-12(6-10(11)2)17-8-18-13/h3-7H,8H2,1-2H3,(H,15,16)/b5-3+,9-4+. The first kappa shape index (κ1) is 12.2. The second-order valence-corrected chi connectivity index (χ2v) is 4.07. The van der Waals surface area contributed by atoms with Crippen molar-refractivity contribution >= 4 is 11.5 Å². The van der Waals surface area contributed by atoms with Gasteiger partial charge in [-0.25, -0.2) is 4.79 Å². The zero-order valence-electron chi connectivity index (χ0n) is 10.3. The molecule has 0 bridgehead atoms. The summed E-state index contributed by atoms with van der Waals surface area (Å²) in [6.07, 6.45) is 4.38. The van der Waals surface area contributed by atoms with E-state index in [4.69, 9.17) is 14.6 Å². The lowest BCUT2D eigenvalue weighted by atomic mass is 10.0. The number of carboxylic acid groups (broad SMARTS) is 1. The molecule has 1 heterocycles. The van der Waals surface area contributed by atoms with Crippen molar-refractivity contribution < 1.29 is 19.4 Å². The minimum absolute atomic E-state index is 0.250. The third-order valence-electron chi connectivity index (χ3n) is 2.73. The summed E-state index contributed by atoms with van der Waals surface area (Å²) in [6.45, 7) is 4.16. The number of aliphatic carboxylic acids is 1. The van der Waals surface area contributed by atoms with Crippen LogP contribution in [0.25, 0.3) is 5.57 Å². The first-order chi connectivity index (χ1) is 8.58. The zero-order valence-corrected chi connectivity index (χ0v) is 10.3. The van der Waals surface area contributed by atoms with Crippen LogP contribution in [0, 0.1) is 6.92 Å². The van der Waals surface area contributed by atoms with Crippen LogP contribution in [0.5, 0.6) is 11.5 Å². The SMILES string of the molecule is C/C(=C\C=C\C(=O)O)c1cc2c(cc1C)OCO2. The number of aryl methyl sites for hydroxylation is 1. The van der Waals surface area contributed by atoms with Gasteiger partial charge in [-0.05, 0) is 42.7 Å². The molecule has 1 aromatic rings. The molecular weight excluding hydrogens is 232 g/mol. The Kier molecular flexibility index (Phi) is 3.37. The van der Waals surface area contributed by atoms with Crippen LogP contribution in [0.4, 0.5) is 0 Å². The van der Waals surface area contributed by atoms with E-state index in [1.54, 1.807) is 6.08 Å². The Morgan fingerprint density at radius 2 is 2.00 bits per heavy atom. The van der Waals surface area contributed by atoms with Crippen LogP contribution in [0.2, 0.25) is 0 Å². The number of carboxylic acids is 1. The maximum Gasteiger partial charge on any atom is 0.328 e. The maximum atomic E-state index is 10.4. The monoisotopic (exact) mass is 246 g/mol. The molecule has 4 nitrogen and oxygen atoms in total. The average Bonchev–Trinajstić information content (AvgIpc) is 2.74. The summed E-state index contributed by atoms with van der Waals surface area (Å²) in [7, 11) is 0. The molecule has 0 spiro atoms. The topological polar surface area (TPSA) is 55.8 Å². The van der Waals surface area contributed by atoms with Crippen LogP contribution < -0.4 is 9.47 Å². The number of allylic oxidation sites excluding steroid dienone is 3. The summed E-state index contributed by atoms with van der Waals surface area (Å²) in [5.74, 6) is 0.525. The Morgan fingerprint density at radius 3 is 2.67 bits per heavy atom. The predicted octanol–water partition coefficient (Wildman–Crippen LogP) is 2.77. The molecule has 18 heavy (non-hydrogen) atoms. The summed E-state index contributed by atoms with van der Waals surface area (Å²) in [6, 6.07) is 3.84. The van der Waals surface area contributed by atoms with Gasteiger partial charge in [0.1, 0.15) is 0 Å². The molecule has 0 aliphatic carbocycles. The summed E-state index contributed by atoms with van der Waals surface area (Å²) in [4.78, 5) is 10.4. The van der Waals surface area contributed by atoms with E-state index in [1.165, 1.54) is 6.08 Å². The number of benzene rings is 1. The smallest absolute Gasteiger partial charge is 0.328 e. The summed E-state index contributed by atoms with van der Waals surface area (Å²) in [5, 5.41) is 8.53. The van der Waals surface area contributed by atoms with Crippen molar-refractivity contribution in [3.8, 4) is 11.5 Å². The zero-order chi connectivity index (χ0) is 13.1. The molecule has 4 heteroatoms. The lowest BCUT2D eigenvalue weighted by Crippen LogP contribution is -1.92. The highest BCUT2D eigenvalue weighted by atomic mass is 16.7. The van der Waals surface area contributed by atoms with E-state index >= 15 is 0 Å². The van der Waals surface area contributed by atoms with Gasteiger partial charge in [0.2, 0.25) is 6.79 Å². The van der Waals surface area contributed by atoms with E-state index < -0.39 is 5.97 Å². The van der Waals surface area contributed by atoms with Crippen molar-refractivity contribution in [3.63, 3.8) is 0 Å². The van der Waals surface area contributed by atoms with Gasteiger partial charge >= 0.3 is 5.97 Å². The number of fused-ring (bicyclic) bond motifs is 1. The molecular formula is C14H14O4. The number of hydrogen-bond donors (Lipinski definition) is 1. The van der Waals surface area contributed by atoms with Crippen LogP contribution in [0.1, 0.15) is 18.1 Å². The van der Waals surface area contributed by atoms with Crippen LogP contribution in [0.15, 0.2) is 30.4 Å². The van der Waals surface area contributed by atoms with Gasteiger partial charge in [-0.2, -0.15) is 0 Å². The average molecular weight is 246 g/mol. The molecule has 0 saturated carbocycles. The molecule has 0 amide bonds. The van der Waals surface area contributed by atoms with Crippen LogP contribution in [0.3, 0.4) is 0 Å². The molecule has 1 aromatic carbocycles. The molecule has 0 atom stereocenters. The molecule has 1 N–H and O–H groups in total. The predicted molar refractivity (Wildman–Crippen MR) is 67.7 cm³/mol. The Hall–Kier alpha value is -2.23. The van der Waals surface area contributed by atoms with Crippen molar-refractivity contribution in [1.29, 1.82) is 0 Å². The fourth-order valence-electron chi connectivity index (χ4n) is 1.83. The first-order valence-corrected chi connectivity index (χ1v) is 5.56. The maximum absolute atomic E-state index is 10.4. The van der Waals surface area contributed by atoms with E-state index in [2.05, 4.69) is 0 Å². The molecule has 94 valence electrons. The van der Waals surface area contributed by atoms with Gasteiger partial charge in [0, 0.05) is 6.08 Å². The molecule has 1 aliphatic heterocycles. The third-order valence-corrected chi connectivity index (χ3v) is 2.73. The minimum atomic E-state index is -0.957. The Labute approximate surface area is 105 Å². The Balaban J connectivity index is 2.30. The number of carbonyl (C=O) groups is 1. The number of hydrogen-bond acceptors (Lipinski definition) is 3. The van der Waals surface area contributed by atoms with E-state index in [-0.39, 0.29) is 6.79 Å². The van der Waals surface area contributed by atoms with Gasteiger partial charge in [0.15, 0.2) is 11.5 Å². The highest BCUT2D eigenvalue weighted by molar-refractivity contribution is 5.81. The molecule has 0 radical (unpaired) electrons. The van der Waals surface area contributed by atoms with Crippen LogP contribution in [-0.4, -0.2) is 17.9 Å². The van der Waals surface area contributed by atoms with Gasteiger partial charge in [0.25, 0.3) is 0 Å². The van der Waals surface area contributed by atoms with Gasteiger partial charge in [-0.15, -0.1) is 0 Å². The molecule has 0 fully saturated rings. The van der Waals surface area contributed by atoms with E-state index in [1.807, 2.05) is 26.0 Å². The van der Waals surface area contributed by atoms with Gasteiger partial charge < -0.3 is 14.6 Å². The lowest BCUT2D eigenvalue weighted by molar-refractivity contribution is -0.131. The number of ether oxygens (including phenoxy) is 2. The molecule has 2 rings (SSSR count). The minimum Gasteiger partial charge on any atom is -0.478 e.